The second kappa shape index (κ2) is 8.64. The second-order valence-electron chi connectivity index (χ2n) is 8.04. The van der Waals surface area contributed by atoms with E-state index in [1.807, 2.05) is 11.5 Å². The highest BCUT2D eigenvalue weighted by Crippen LogP contribution is 2.25. The highest BCUT2D eigenvalue weighted by Gasteiger charge is 2.26. The van der Waals surface area contributed by atoms with Crippen LogP contribution in [0.5, 0.6) is 0 Å². The molecule has 172 valence electrons. The van der Waals surface area contributed by atoms with E-state index in [1.54, 1.807) is 34.6 Å². The van der Waals surface area contributed by atoms with Crippen molar-refractivity contribution in [3.05, 3.63) is 54.1 Å². The summed E-state index contributed by atoms with van der Waals surface area (Å²) in [4.78, 5) is 6.35. The van der Waals surface area contributed by atoms with Gasteiger partial charge in [-0.05, 0) is 55.3 Å². The topological polar surface area (TPSA) is 98.8 Å². The van der Waals surface area contributed by atoms with Gasteiger partial charge in [-0.3, -0.25) is 0 Å². The first-order valence-electron chi connectivity index (χ1n) is 11.0. The van der Waals surface area contributed by atoms with Crippen LogP contribution < -0.4 is 0 Å². The normalized spacial score (nSPS) is 15.3. The number of hydrogen-bond acceptors (Lipinski definition) is 6. The third-order valence-corrected chi connectivity index (χ3v) is 7.78. The fourth-order valence-electron chi connectivity index (χ4n) is 4.23. The fourth-order valence-corrected chi connectivity index (χ4v) is 5.77. The number of sulfonamides is 1. The van der Waals surface area contributed by atoms with Crippen LogP contribution in [0, 0.1) is 5.82 Å². The minimum atomic E-state index is -3.54. The lowest BCUT2D eigenvalue weighted by atomic mass is 10.2. The number of tetrazole rings is 1. The predicted octanol–water partition coefficient (Wildman–Crippen LogP) is 3.07. The van der Waals surface area contributed by atoms with Gasteiger partial charge in [-0.1, -0.05) is 18.6 Å². The highest BCUT2D eigenvalue weighted by molar-refractivity contribution is 7.89. The van der Waals surface area contributed by atoms with Crippen LogP contribution in [-0.4, -0.2) is 55.6 Å². The number of nitrogens with zero attached hydrogens (tertiary/aromatic N) is 7. The summed E-state index contributed by atoms with van der Waals surface area (Å²) in [5.41, 5.74) is 1.99. The minimum absolute atomic E-state index is 0.249. The van der Waals surface area contributed by atoms with Crippen LogP contribution >= 0.6 is 0 Å². The molecular weight excluding hydrogens is 445 g/mol. The van der Waals surface area contributed by atoms with E-state index in [2.05, 4.69) is 20.4 Å². The van der Waals surface area contributed by atoms with E-state index in [1.165, 1.54) is 16.9 Å². The van der Waals surface area contributed by atoms with Crippen LogP contribution in [0.3, 0.4) is 0 Å². The van der Waals surface area contributed by atoms with Gasteiger partial charge in [0.2, 0.25) is 15.8 Å². The van der Waals surface area contributed by atoms with Crippen molar-refractivity contribution in [3.63, 3.8) is 0 Å². The lowest BCUT2D eigenvalue weighted by Gasteiger charge is -2.25. The third-order valence-electron chi connectivity index (χ3n) is 5.89. The molecule has 0 spiro atoms. The van der Waals surface area contributed by atoms with E-state index in [9.17, 15) is 12.8 Å². The molecule has 0 N–H and O–H groups in total. The van der Waals surface area contributed by atoms with E-state index >= 15 is 0 Å². The monoisotopic (exact) mass is 469 g/mol. The van der Waals surface area contributed by atoms with Gasteiger partial charge in [0.15, 0.2) is 0 Å². The predicted molar refractivity (Wildman–Crippen MR) is 120 cm³/mol. The summed E-state index contributed by atoms with van der Waals surface area (Å²) in [6.07, 6.45) is 2.84. The summed E-state index contributed by atoms with van der Waals surface area (Å²) < 4.78 is 43.2. The van der Waals surface area contributed by atoms with Gasteiger partial charge in [0.1, 0.15) is 18.2 Å². The fraction of sp³-hybridized carbons (Fsp3) is 0.364. The zero-order chi connectivity index (χ0) is 23.0. The Bertz CT molecular complexity index is 1410. The zero-order valence-electron chi connectivity index (χ0n) is 18.2. The molecule has 1 aliphatic heterocycles. The van der Waals surface area contributed by atoms with Crippen molar-refractivity contribution in [2.75, 3.05) is 13.1 Å². The molecule has 0 atom stereocenters. The Morgan fingerprint density at radius 2 is 1.88 bits per heavy atom. The molecular formula is C22H24FN7O2S. The largest absolute Gasteiger partial charge is 0.327 e. The quantitative estimate of drug-likeness (QED) is 0.430. The van der Waals surface area contributed by atoms with E-state index < -0.39 is 10.0 Å². The van der Waals surface area contributed by atoms with E-state index in [-0.39, 0.29) is 17.3 Å². The molecule has 11 heteroatoms. The number of aromatic nitrogens is 6. The number of rotatable bonds is 6. The first-order valence-corrected chi connectivity index (χ1v) is 12.4. The van der Waals surface area contributed by atoms with Gasteiger partial charge < -0.3 is 4.57 Å². The molecule has 33 heavy (non-hydrogen) atoms. The van der Waals surface area contributed by atoms with E-state index in [0.29, 0.717) is 42.4 Å². The van der Waals surface area contributed by atoms with Gasteiger partial charge in [-0.25, -0.2) is 17.8 Å². The summed E-state index contributed by atoms with van der Waals surface area (Å²) in [5, 5.41) is 12.5. The van der Waals surface area contributed by atoms with Gasteiger partial charge in [0.05, 0.1) is 15.9 Å². The van der Waals surface area contributed by atoms with Gasteiger partial charge in [-0.2, -0.15) is 9.10 Å². The van der Waals surface area contributed by atoms with Crippen LogP contribution in [0.4, 0.5) is 4.39 Å². The molecule has 3 heterocycles. The van der Waals surface area contributed by atoms with Crippen molar-refractivity contribution in [1.82, 2.24) is 34.1 Å². The van der Waals surface area contributed by atoms with Crippen molar-refractivity contribution in [1.29, 1.82) is 0 Å². The molecule has 0 bridgehead atoms. The second-order valence-corrected chi connectivity index (χ2v) is 9.98. The number of halogens is 1. The maximum absolute atomic E-state index is 13.5. The average Bonchev–Trinajstić information content (AvgIpc) is 3.43. The van der Waals surface area contributed by atoms with Crippen molar-refractivity contribution in [3.8, 4) is 11.4 Å². The first kappa shape index (κ1) is 21.7. The molecule has 0 aliphatic carbocycles. The first-order chi connectivity index (χ1) is 16.0. The van der Waals surface area contributed by atoms with Crippen molar-refractivity contribution >= 4 is 21.1 Å². The van der Waals surface area contributed by atoms with E-state index in [4.69, 9.17) is 0 Å². The molecule has 0 unspecified atom stereocenters. The number of piperidine rings is 1. The molecule has 1 saturated heterocycles. The van der Waals surface area contributed by atoms with Crippen LogP contribution in [0.1, 0.15) is 32.0 Å². The Kier molecular flexibility index (Phi) is 5.67. The van der Waals surface area contributed by atoms with Crippen LogP contribution in [-0.2, 0) is 23.1 Å². The average molecular weight is 470 g/mol. The molecule has 9 nitrogen and oxygen atoms in total. The van der Waals surface area contributed by atoms with Crippen LogP contribution in [0.15, 0.2) is 47.4 Å². The maximum atomic E-state index is 13.5. The van der Waals surface area contributed by atoms with Gasteiger partial charge in [0, 0.05) is 25.2 Å². The summed E-state index contributed by atoms with van der Waals surface area (Å²) in [6, 6.07) is 11.1. The SMILES string of the molecule is CCn1c(Cn2nnc(-c3cccc(F)c3)n2)nc2cc(S(=O)(=O)N3CCCCC3)ccc21. The zero-order valence-corrected chi connectivity index (χ0v) is 19.0. The molecule has 2 aromatic heterocycles. The Labute approximate surface area is 190 Å². The molecule has 4 aromatic rings. The Morgan fingerprint density at radius 1 is 1.06 bits per heavy atom. The molecule has 0 saturated carbocycles. The Balaban J connectivity index is 1.45. The van der Waals surface area contributed by atoms with E-state index in [0.717, 1.165) is 24.8 Å². The van der Waals surface area contributed by atoms with Crippen molar-refractivity contribution in [2.24, 2.45) is 0 Å². The Morgan fingerprint density at radius 3 is 2.64 bits per heavy atom. The number of benzene rings is 2. The molecule has 5 rings (SSSR count). The van der Waals surface area contributed by atoms with Gasteiger partial charge >= 0.3 is 0 Å². The summed E-state index contributed by atoms with van der Waals surface area (Å²) >= 11 is 0. The molecule has 0 radical (unpaired) electrons. The van der Waals surface area contributed by atoms with Crippen molar-refractivity contribution in [2.45, 2.75) is 44.2 Å². The van der Waals surface area contributed by atoms with Gasteiger partial charge in [-0.15, -0.1) is 10.2 Å². The molecule has 0 amide bonds. The third kappa shape index (κ3) is 4.13. The Hall–Kier alpha value is -3.18. The number of fused-ring (bicyclic) bond motifs is 1. The maximum Gasteiger partial charge on any atom is 0.243 e. The molecule has 1 fully saturated rings. The summed E-state index contributed by atoms with van der Waals surface area (Å²) in [5.74, 6) is 0.638. The summed E-state index contributed by atoms with van der Waals surface area (Å²) in [7, 11) is -3.54. The van der Waals surface area contributed by atoms with Crippen LogP contribution in [0.2, 0.25) is 0 Å². The number of imidazole rings is 1. The highest BCUT2D eigenvalue weighted by atomic mass is 32.2. The van der Waals surface area contributed by atoms with Crippen molar-refractivity contribution < 1.29 is 12.8 Å². The lowest BCUT2D eigenvalue weighted by molar-refractivity contribution is 0.346. The standard InChI is InChI=1S/C22H24FN7O2S/c1-2-29-20-10-9-18(33(31,32)28-11-4-3-5-12-28)14-19(20)24-21(29)15-30-26-22(25-27-30)16-7-6-8-17(23)13-16/h6-10,13-14H,2-5,11-12,15H2,1H3. The molecule has 1 aliphatic rings. The van der Waals surface area contributed by atoms with Gasteiger partial charge in [0.25, 0.3) is 0 Å². The molecule has 2 aromatic carbocycles. The smallest absolute Gasteiger partial charge is 0.243 e. The minimum Gasteiger partial charge on any atom is -0.327 e. The lowest BCUT2D eigenvalue weighted by Crippen LogP contribution is -2.35. The summed E-state index contributed by atoms with van der Waals surface area (Å²) in [6.45, 7) is 4.01. The van der Waals surface area contributed by atoms with Crippen LogP contribution in [0.25, 0.3) is 22.4 Å². The number of hydrogen-bond donors (Lipinski definition) is 0. The number of aryl methyl sites for hydroxylation is 1.